The highest BCUT2D eigenvalue weighted by Gasteiger charge is 2.23. The summed E-state index contributed by atoms with van der Waals surface area (Å²) in [4.78, 5) is 22.6. The van der Waals surface area contributed by atoms with Gasteiger partial charge in [-0.2, -0.15) is 9.41 Å². The molecule has 166 valence electrons. The fourth-order valence-corrected chi connectivity index (χ4v) is 3.84. The maximum absolute atomic E-state index is 12.7. The smallest absolute Gasteiger partial charge is 0.311 e. The molecule has 0 spiro atoms. The molecular weight excluding hydrogens is 428 g/mol. The van der Waals surface area contributed by atoms with Crippen molar-refractivity contribution < 1.29 is 27.6 Å². The molecule has 0 aromatic heterocycles. The maximum Gasteiger partial charge on any atom is 0.311 e. The maximum atomic E-state index is 12.7. The molecule has 0 aliphatic heterocycles. The number of methoxy groups -OCH3 is 2. The number of hydrazone groups is 1. The summed E-state index contributed by atoms with van der Waals surface area (Å²) in [5, 5.41) is 14.8. The minimum atomic E-state index is -3.91. The Labute approximate surface area is 179 Å². The SMILES string of the molecule is COc1ccc(S(=O)(=O)N(C)CC(=O)N/N=C\c2ccc(OC)c([N+](=O)[O-])c2)cc1C. The zero-order valence-electron chi connectivity index (χ0n) is 17.4. The van der Waals surface area contributed by atoms with E-state index >= 15 is 0 Å². The number of nitrogens with zero attached hydrogens (tertiary/aromatic N) is 3. The lowest BCUT2D eigenvalue weighted by molar-refractivity contribution is -0.385. The van der Waals surface area contributed by atoms with E-state index in [-0.39, 0.29) is 16.3 Å². The number of amides is 1. The Balaban J connectivity index is 2.04. The van der Waals surface area contributed by atoms with E-state index in [0.29, 0.717) is 16.9 Å². The van der Waals surface area contributed by atoms with Gasteiger partial charge in [-0.1, -0.05) is 0 Å². The summed E-state index contributed by atoms with van der Waals surface area (Å²) < 4.78 is 36.3. The molecule has 0 heterocycles. The van der Waals surface area contributed by atoms with Crippen molar-refractivity contribution >= 4 is 27.8 Å². The van der Waals surface area contributed by atoms with E-state index in [9.17, 15) is 23.3 Å². The molecule has 31 heavy (non-hydrogen) atoms. The van der Waals surface area contributed by atoms with Crippen LogP contribution in [0.5, 0.6) is 11.5 Å². The first-order chi connectivity index (χ1) is 14.6. The van der Waals surface area contributed by atoms with Crippen LogP contribution in [-0.2, 0) is 14.8 Å². The van der Waals surface area contributed by atoms with E-state index in [1.54, 1.807) is 6.92 Å². The second-order valence-electron chi connectivity index (χ2n) is 6.37. The van der Waals surface area contributed by atoms with Crippen molar-refractivity contribution in [1.29, 1.82) is 0 Å². The highest BCUT2D eigenvalue weighted by atomic mass is 32.2. The fourth-order valence-electron chi connectivity index (χ4n) is 2.62. The van der Waals surface area contributed by atoms with Gasteiger partial charge in [0.1, 0.15) is 5.75 Å². The zero-order chi connectivity index (χ0) is 23.2. The second kappa shape index (κ2) is 10.00. The third kappa shape index (κ3) is 5.77. The Hall–Kier alpha value is -3.51. The van der Waals surface area contributed by atoms with Crippen LogP contribution in [0.2, 0.25) is 0 Å². The number of likely N-dealkylation sites (N-methyl/N-ethyl adjacent to an activating group) is 1. The molecule has 1 amide bonds. The van der Waals surface area contributed by atoms with Crippen LogP contribution in [-0.4, -0.2) is 57.6 Å². The topological polar surface area (TPSA) is 140 Å². The molecule has 0 unspecified atom stereocenters. The summed E-state index contributed by atoms with van der Waals surface area (Å²) in [5.41, 5.74) is 2.93. The summed E-state index contributed by atoms with van der Waals surface area (Å²) in [6.45, 7) is 1.23. The van der Waals surface area contributed by atoms with E-state index in [4.69, 9.17) is 9.47 Å². The summed E-state index contributed by atoms with van der Waals surface area (Å²) in [5.74, 6) is -0.0465. The number of carbonyl (C=O) groups excluding carboxylic acids is 1. The first-order valence-corrected chi connectivity index (χ1v) is 10.3. The van der Waals surface area contributed by atoms with Crippen molar-refractivity contribution in [2.24, 2.45) is 5.10 Å². The molecule has 0 fully saturated rings. The van der Waals surface area contributed by atoms with Crippen LogP contribution in [0.4, 0.5) is 5.69 Å². The van der Waals surface area contributed by atoms with E-state index in [1.807, 2.05) is 0 Å². The number of hydrogen-bond acceptors (Lipinski definition) is 8. The Bertz CT molecular complexity index is 1120. The molecule has 0 aliphatic carbocycles. The molecule has 2 aromatic carbocycles. The monoisotopic (exact) mass is 450 g/mol. The van der Waals surface area contributed by atoms with Gasteiger partial charge in [-0.25, -0.2) is 13.8 Å². The largest absolute Gasteiger partial charge is 0.496 e. The minimum absolute atomic E-state index is 0.0233. The van der Waals surface area contributed by atoms with Crippen molar-refractivity contribution in [2.45, 2.75) is 11.8 Å². The number of nitro benzene ring substituents is 1. The highest BCUT2D eigenvalue weighted by molar-refractivity contribution is 7.89. The predicted octanol–water partition coefficient (Wildman–Crippen LogP) is 1.69. The molecule has 0 radical (unpaired) electrons. The quantitative estimate of drug-likeness (QED) is 0.348. The second-order valence-corrected chi connectivity index (χ2v) is 8.42. The number of aryl methyl sites for hydroxylation is 1. The van der Waals surface area contributed by atoms with Gasteiger partial charge in [-0.3, -0.25) is 14.9 Å². The van der Waals surface area contributed by atoms with Gasteiger partial charge in [0.25, 0.3) is 5.91 Å². The van der Waals surface area contributed by atoms with Crippen molar-refractivity contribution in [3.63, 3.8) is 0 Å². The van der Waals surface area contributed by atoms with Gasteiger partial charge >= 0.3 is 5.69 Å². The van der Waals surface area contributed by atoms with Gasteiger partial charge in [-0.15, -0.1) is 0 Å². The van der Waals surface area contributed by atoms with E-state index < -0.39 is 27.4 Å². The number of nitrogens with one attached hydrogen (secondary N) is 1. The van der Waals surface area contributed by atoms with E-state index in [1.165, 1.54) is 63.9 Å². The van der Waals surface area contributed by atoms with Crippen molar-refractivity contribution in [2.75, 3.05) is 27.8 Å². The summed E-state index contributed by atoms with van der Waals surface area (Å²) >= 11 is 0. The van der Waals surface area contributed by atoms with Crippen LogP contribution < -0.4 is 14.9 Å². The lowest BCUT2D eigenvalue weighted by Crippen LogP contribution is -2.36. The molecule has 11 nitrogen and oxygen atoms in total. The van der Waals surface area contributed by atoms with Crippen LogP contribution in [0.3, 0.4) is 0 Å². The number of rotatable bonds is 9. The summed E-state index contributed by atoms with van der Waals surface area (Å²) in [6, 6.07) is 8.54. The average molecular weight is 450 g/mol. The Morgan fingerprint density at radius 1 is 1.19 bits per heavy atom. The summed E-state index contributed by atoms with van der Waals surface area (Å²) in [7, 11) is 0.161. The van der Waals surface area contributed by atoms with Crippen molar-refractivity contribution in [1.82, 2.24) is 9.73 Å². The molecule has 0 saturated carbocycles. The lowest BCUT2D eigenvalue weighted by atomic mass is 10.2. The van der Waals surface area contributed by atoms with Gasteiger partial charge in [0, 0.05) is 18.7 Å². The minimum Gasteiger partial charge on any atom is -0.496 e. The molecule has 0 bridgehead atoms. The van der Waals surface area contributed by atoms with Gasteiger partial charge in [0.15, 0.2) is 5.75 Å². The third-order valence-electron chi connectivity index (χ3n) is 4.24. The molecule has 1 N–H and O–H groups in total. The van der Waals surface area contributed by atoms with Gasteiger partial charge < -0.3 is 9.47 Å². The van der Waals surface area contributed by atoms with Crippen molar-refractivity contribution in [3.8, 4) is 11.5 Å². The first-order valence-electron chi connectivity index (χ1n) is 8.85. The number of sulfonamides is 1. The molecular formula is C19H22N4O7S. The molecule has 2 aromatic rings. The zero-order valence-corrected chi connectivity index (χ0v) is 18.2. The van der Waals surface area contributed by atoms with Crippen LogP contribution in [0, 0.1) is 17.0 Å². The molecule has 0 saturated heterocycles. The average Bonchev–Trinajstić information content (AvgIpc) is 2.73. The number of nitro groups is 1. The molecule has 12 heteroatoms. The number of ether oxygens (including phenoxy) is 2. The number of carbonyl (C=O) groups is 1. The van der Waals surface area contributed by atoms with Crippen LogP contribution >= 0.6 is 0 Å². The molecule has 2 rings (SSSR count). The Kier molecular flexibility index (Phi) is 7.67. The fraction of sp³-hybridized carbons (Fsp3) is 0.263. The van der Waals surface area contributed by atoms with Crippen LogP contribution in [0.15, 0.2) is 46.4 Å². The summed E-state index contributed by atoms with van der Waals surface area (Å²) in [6.07, 6.45) is 1.20. The van der Waals surface area contributed by atoms with E-state index in [0.717, 1.165) is 4.31 Å². The molecule has 0 atom stereocenters. The Morgan fingerprint density at radius 2 is 1.84 bits per heavy atom. The Morgan fingerprint density at radius 3 is 2.42 bits per heavy atom. The highest BCUT2D eigenvalue weighted by Crippen LogP contribution is 2.27. The van der Waals surface area contributed by atoms with Crippen LogP contribution in [0.25, 0.3) is 0 Å². The normalized spacial score (nSPS) is 11.5. The third-order valence-corrected chi connectivity index (χ3v) is 6.04. The predicted molar refractivity (Wildman–Crippen MR) is 113 cm³/mol. The molecule has 0 aliphatic rings. The van der Waals surface area contributed by atoms with E-state index in [2.05, 4.69) is 10.5 Å². The lowest BCUT2D eigenvalue weighted by Gasteiger charge is -2.17. The van der Waals surface area contributed by atoms with Gasteiger partial charge in [-0.05, 0) is 42.8 Å². The van der Waals surface area contributed by atoms with Gasteiger partial charge in [0.2, 0.25) is 10.0 Å². The standard InChI is InChI=1S/C19H22N4O7S/c1-13-9-15(6-8-17(13)29-3)31(27,28)22(2)12-19(24)21-20-11-14-5-7-18(30-4)16(10-14)23(25)26/h5-11H,12H2,1-4H3,(H,21,24)/b20-11-. The first kappa shape index (κ1) is 23.8. The number of benzene rings is 2. The van der Waals surface area contributed by atoms with Crippen molar-refractivity contribution in [3.05, 3.63) is 57.6 Å². The van der Waals surface area contributed by atoms with Gasteiger partial charge in [0.05, 0.1) is 36.8 Å². The number of hydrogen-bond donors (Lipinski definition) is 1. The van der Waals surface area contributed by atoms with Crippen LogP contribution in [0.1, 0.15) is 11.1 Å².